The summed E-state index contributed by atoms with van der Waals surface area (Å²) in [6.07, 6.45) is 4.34. The largest absolute Gasteiger partial charge is 0.235 e. The van der Waals surface area contributed by atoms with Gasteiger partial charge in [-0.1, -0.05) is 41.9 Å². The number of imidazole rings is 1. The summed E-state index contributed by atoms with van der Waals surface area (Å²) in [6, 6.07) is 12.1. The molecule has 0 unspecified atom stereocenters. The van der Waals surface area contributed by atoms with Crippen LogP contribution in [-0.2, 0) is 6.42 Å². The molecule has 0 fully saturated rings. The molecule has 0 N–H and O–H groups in total. The molecule has 2 aromatic heterocycles. The molecule has 2 heterocycles. The van der Waals surface area contributed by atoms with Crippen LogP contribution in [0.3, 0.4) is 0 Å². The van der Waals surface area contributed by atoms with Gasteiger partial charge in [-0.15, -0.1) is 0 Å². The molecule has 4 heteroatoms. The second kappa shape index (κ2) is 4.18. The van der Waals surface area contributed by atoms with Crippen LogP contribution >= 0.6 is 11.6 Å². The fraction of sp³-hybridized carbons (Fsp3) is 0.0769. The summed E-state index contributed by atoms with van der Waals surface area (Å²) < 4.78 is 1.71. The van der Waals surface area contributed by atoms with E-state index in [1.807, 2.05) is 24.3 Å². The summed E-state index contributed by atoms with van der Waals surface area (Å²) in [7, 11) is 0. The summed E-state index contributed by atoms with van der Waals surface area (Å²) in [4.78, 5) is 4.30. The molecule has 0 aliphatic heterocycles. The van der Waals surface area contributed by atoms with Crippen LogP contribution in [0.5, 0.6) is 0 Å². The molecule has 0 radical (unpaired) electrons. The van der Waals surface area contributed by atoms with E-state index in [4.69, 9.17) is 11.6 Å². The Labute approximate surface area is 104 Å². The predicted octanol–water partition coefficient (Wildman–Crippen LogP) is 2.97. The third-order valence-corrected chi connectivity index (χ3v) is 2.83. The van der Waals surface area contributed by atoms with Crippen molar-refractivity contribution >= 4 is 17.2 Å². The molecule has 3 aromatic rings. The van der Waals surface area contributed by atoms with Gasteiger partial charge in [-0.25, -0.2) is 9.50 Å². The van der Waals surface area contributed by atoms with Crippen molar-refractivity contribution in [3.63, 3.8) is 0 Å². The number of hydrogen-bond donors (Lipinski definition) is 0. The van der Waals surface area contributed by atoms with Crippen molar-refractivity contribution in [3.05, 3.63) is 65.1 Å². The normalized spacial score (nSPS) is 10.9. The molecule has 0 saturated heterocycles. The van der Waals surface area contributed by atoms with Crippen molar-refractivity contribution in [1.29, 1.82) is 0 Å². The highest BCUT2D eigenvalue weighted by molar-refractivity contribution is 6.29. The summed E-state index contributed by atoms with van der Waals surface area (Å²) in [5.41, 5.74) is 3.18. The highest BCUT2D eigenvalue weighted by Crippen LogP contribution is 2.17. The first kappa shape index (κ1) is 10.3. The standard InChI is InChI=1S/C13H10ClN3/c14-12-9-11(8-10-4-2-1-3-5-10)13-15-6-7-17(13)16-12/h1-7,9H,8H2. The fourth-order valence-electron chi connectivity index (χ4n) is 1.89. The molecule has 0 atom stereocenters. The van der Waals surface area contributed by atoms with Crippen LogP contribution in [0.1, 0.15) is 11.1 Å². The smallest absolute Gasteiger partial charge is 0.157 e. The van der Waals surface area contributed by atoms with E-state index in [1.54, 1.807) is 16.9 Å². The van der Waals surface area contributed by atoms with Crippen molar-refractivity contribution in [3.8, 4) is 0 Å². The van der Waals surface area contributed by atoms with E-state index in [0.29, 0.717) is 5.15 Å². The van der Waals surface area contributed by atoms with Gasteiger partial charge in [0.25, 0.3) is 0 Å². The lowest BCUT2D eigenvalue weighted by Gasteiger charge is -2.04. The average Bonchev–Trinajstić information content (AvgIpc) is 2.78. The fourth-order valence-corrected chi connectivity index (χ4v) is 2.11. The second-order valence-corrected chi connectivity index (χ2v) is 4.24. The Bertz CT molecular complexity index is 646. The number of fused-ring (bicyclic) bond motifs is 1. The van der Waals surface area contributed by atoms with Crippen molar-refractivity contribution in [2.24, 2.45) is 0 Å². The van der Waals surface area contributed by atoms with Crippen molar-refractivity contribution in [1.82, 2.24) is 14.6 Å². The van der Waals surface area contributed by atoms with Gasteiger partial charge in [0.2, 0.25) is 0 Å². The van der Waals surface area contributed by atoms with E-state index in [-0.39, 0.29) is 0 Å². The Balaban J connectivity index is 2.08. The van der Waals surface area contributed by atoms with Gasteiger partial charge in [0.1, 0.15) is 5.15 Å². The van der Waals surface area contributed by atoms with E-state index >= 15 is 0 Å². The van der Waals surface area contributed by atoms with E-state index in [2.05, 4.69) is 22.2 Å². The Morgan fingerprint density at radius 1 is 1.18 bits per heavy atom. The Hall–Kier alpha value is -1.87. The van der Waals surface area contributed by atoms with E-state index < -0.39 is 0 Å². The zero-order valence-electron chi connectivity index (χ0n) is 9.05. The molecule has 0 aliphatic carbocycles. The molecule has 0 saturated carbocycles. The summed E-state index contributed by atoms with van der Waals surface area (Å²) in [6.45, 7) is 0. The number of aromatic nitrogens is 3. The lowest BCUT2D eigenvalue weighted by atomic mass is 10.1. The average molecular weight is 244 g/mol. The number of halogens is 1. The third-order valence-electron chi connectivity index (χ3n) is 2.64. The summed E-state index contributed by atoms with van der Waals surface area (Å²) in [5, 5.41) is 4.64. The van der Waals surface area contributed by atoms with Crippen LogP contribution in [0.2, 0.25) is 5.15 Å². The first-order chi connectivity index (χ1) is 8.33. The van der Waals surface area contributed by atoms with Crippen LogP contribution in [0.25, 0.3) is 5.65 Å². The SMILES string of the molecule is Clc1cc(Cc2ccccc2)c2nccn2n1. The predicted molar refractivity (Wildman–Crippen MR) is 67.2 cm³/mol. The van der Waals surface area contributed by atoms with Gasteiger partial charge in [-0.3, -0.25) is 0 Å². The van der Waals surface area contributed by atoms with Gasteiger partial charge < -0.3 is 0 Å². The third kappa shape index (κ3) is 2.01. The zero-order valence-corrected chi connectivity index (χ0v) is 9.80. The molecular formula is C13H10ClN3. The van der Waals surface area contributed by atoms with Gasteiger partial charge in [0, 0.05) is 24.4 Å². The lowest BCUT2D eigenvalue weighted by molar-refractivity contribution is 0.920. The number of nitrogens with zero attached hydrogens (tertiary/aromatic N) is 3. The maximum absolute atomic E-state index is 5.99. The van der Waals surface area contributed by atoms with Gasteiger partial charge >= 0.3 is 0 Å². The maximum atomic E-state index is 5.99. The van der Waals surface area contributed by atoms with Crippen molar-refractivity contribution < 1.29 is 0 Å². The first-order valence-corrected chi connectivity index (χ1v) is 5.73. The Morgan fingerprint density at radius 2 is 2.00 bits per heavy atom. The minimum Gasteiger partial charge on any atom is -0.235 e. The minimum atomic E-state index is 0.487. The van der Waals surface area contributed by atoms with E-state index in [9.17, 15) is 0 Å². The van der Waals surface area contributed by atoms with Crippen molar-refractivity contribution in [2.45, 2.75) is 6.42 Å². The quantitative estimate of drug-likeness (QED) is 0.693. The summed E-state index contributed by atoms with van der Waals surface area (Å²) in [5.74, 6) is 0. The molecule has 1 aromatic carbocycles. The van der Waals surface area contributed by atoms with Crippen LogP contribution in [0.4, 0.5) is 0 Å². The van der Waals surface area contributed by atoms with Crippen LogP contribution in [0, 0.1) is 0 Å². The van der Waals surface area contributed by atoms with E-state index in [1.165, 1.54) is 5.56 Å². The lowest BCUT2D eigenvalue weighted by Crippen LogP contribution is -1.98. The van der Waals surface area contributed by atoms with Gasteiger partial charge in [0.15, 0.2) is 5.65 Å². The molecule has 84 valence electrons. The van der Waals surface area contributed by atoms with Gasteiger partial charge in [-0.05, 0) is 11.6 Å². The highest BCUT2D eigenvalue weighted by atomic mass is 35.5. The molecule has 0 spiro atoms. The first-order valence-electron chi connectivity index (χ1n) is 5.35. The second-order valence-electron chi connectivity index (χ2n) is 3.85. The Morgan fingerprint density at radius 3 is 2.82 bits per heavy atom. The molecule has 3 nitrogen and oxygen atoms in total. The van der Waals surface area contributed by atoms with E-state index in [0.717, 1.165) is 17.6 Å². The van der Waals surface area contributed by atoms with Crippen LogP contribution in [0.15, 0.2) is 48.8 Å². The monoisotopic (exact) mass is 243 g/mol. The van der Waals surface area contributed by atoms with Gasteiger partial charge in [0.05, 0.1) is 0 Å². The Kier molecular flexibility index (Phi) is 2.53. The zero-order chi connectivity index (χ0) is 11.7. The molecule has 3 rings (SSSR count). The summed E-state index contributed by atoms with van der Waals surface area (Å²) >= 11 is 5.99. The van der Waals surface area contributed by atoms with Crippen LogP contribution < -0.4 is 0 Å². The molecule has 0 aliphatic rings. The topological polar surface area (TPSA) is 30.2 Å². The number of rotatable bonds is 2. The minimum absolute atomic E-state index is 0.487. The maximum Gasteiger partial charge on any atom is 0.157 e. The highest BCUT2D eigenvalue weighted by Gasteiger charge is 2.06. The molecule has 17 heavy (non-hydrogen) atoms. The number of hydrogen-bond acceptors (Lipinski definition) is 2. The number of benzene rings is 1. The van der Waals surface area contributed by atoms with Gasteiger partial charge in [-0.2, -0.15) is 5.10 Å². The molecular weight excluding hydrogens is 234 g/mol. The van der Waals surface area contributed by atoms with Crippen LogP contribution in [-0.4, -0.2) is 14.6 Å². The molecule has 0 amide bonds. The molecule has 0 bridgehead atoms. The van der Waals surface area contributed by atoms with Crippen molar-refractivity contribution in [2.75, 3.05) is 0 Å².